The van der Waals surface area contributed by atoms with Crippen LogP contribution in [0.15, 0.2) is 12.4 Å². The highest BCUT2D eigenvalue weighted by Crippen LogP contribution is 2.43. The van der Waals surface area contributed by atoms with Gasteiger partial charge in [0.05, 0.1) is 23.4 Å². The molecule has 2 heterocycles. The van der Waals surface area contributed by atoms with Gasteiger partial charge in [0, 0.05) is 18.8 Å². The first-order chi connectivity index (χ1) is 12.6. The van der Waals surface area contributed by atoms with Crippen LogP contribution in [-0.4, -0.2) is 55.8 Å². The first-order valence-electron chi connectivity index (χ1n) is 9.90. The first kappa shape index (κ1) is 17.5. The molecule has 3 fully saturated rings. The van der Waals surface area contributed by atoms with E-state index in [0.29, 0.717) is 18.5 Å². The number of aromatic nitrogens is 2. The van der Waals surface area contributed by atoms with Gasteiger partial charge in [0.15, 0.2) is 0 Å². The van der Waals surface area contributed by atoms with Crippen molar-refractivity contribution in [2.24, 2.45) is 0 Å². The molecule has 1 aromatic heterocycles. The van der Waals surface area contributed by atoms with Gasteiger partial charge in [-0.2, -0.15) is 5.10 Å². The molecule has 1 aromatic rings. The Kier molecular flexibility index (Phi) is 4.73. The summed E-state index contributed by atoms with van der Waals surface area (Å²) in [5.74, 6) is -0.131. The molecule has 0 aromatic carbocycles. The van der Waals surface area contributed by atoms with Crippen LogP contribution in [0.4, 0.5) is 0 Å². The van der Waals surface area contributed by atoms with Gasteiger partial charge in [0.1, 0.15) is 6.54 Å². The topological polar surface area (TPSA) is 87.5 Å². The Bertz CT molecular complexity index is 674. The van der Waals surface area contributed by atoms with Crippen molar-refractivity contribution in [3.8, 4) is 0 Å². The normalized spacial score (nSPS) is 25.3. The number of hydrogen-bond acceptors (Lipinski definition) is 4. The molecule has 1 unspecified atom stereocenters. The standard InChI is InChI=1S/C19H28N4O3/c24-16-7-10-23(19(16)8-3-4-9-19)18(26)14-11-20-22(12-14)13-17(25)21-15-5-1-2-6-15/h11-12,15-16,24H,1-10,13H2,(H,21,25). The molecular weight excluding hydrogens is 332 g/mol. The zero-order valence-corrected chi connectivity index (χ0v) is 15.2. The zero-order valence-electron chi connectivity index (χ0n) is 15.2. The molecule has 2 saturated carbocycles. The number of hydrogen-bond donors (Lipinski definition) is 2. The van der Waals surface area contributed by atoms with Crippen molar-refractivity contribution in [2.75, 3.05) is 6.54 Å². The van der Waals surface area contributed by atoms with Crippen molar-refractivity contribution in [3.05, 3.63) is 18.0 Å². The van der Waals surface area contributed by atoms with Crippen molar-refractivity contribution in [1.82, 2.24) is 20.0 Å². The average Bonchev–Trinajstić information content (AvgIpc) is 3.39. The summed E-state index contributed by atoms with van der Waals surface area (Å²) in [7, 11) is 0. The van der Waals surface area contributed by atoms with E-state index in [-0.39, 0.29) is 29.9 Å². The number of nitrogens with zero attached hydrogens (tertiary/aromatic N) is 3. The summed E-state index contributed by atoms with van der Waals surface area (Å²) in [6.07, 6.45) is 11.7. The van der Waals surface area contributed by atoms with Crippen LogP contribution in [0.5, 0.6) is 0 Å². The lowest BCUT2D eigenvalue weighted by atomic mass is 9.91. The molecule has 7 nitrogen and oxygen atoms in total. The summed E-state index contributed by atoms with van der Waals surface area (Å²) in [6, 6.07) is 0.285. The van der Waals surface area contributed by atoms with E-state index in [1.165, 1.54) is 17.5 Å². The van der Waals surface area contributed by atoms with Gasteiger partial charge >= 0.3 is 0 Å². The molecule has 7 heteroatoms. The molecule has 4 rings (SSSR count). The molecule has 0 radical (unpaired) electrons. The van der Waals surface area contributed by atoms with Crippen molar-refractivity contribution >= 4 is 11.8 Å². The number of amides is 2. The van der Waals surface area contributed by atoms with E-state index in [4.69, 9.17) is 0 Å². The Morgan fingerprint density at radius 1 is 1.19 bits per heavy atom. The summed E-state index contributed by atoms with van der Waals surface area (Å²) in [6.45, 7) is 0.727. The number of aliphatic hydroxyl groups excluding tert-OH is 1. The number of carbonyl (C=O) groups excluding carboxylic acids is 2. The van der Waals surface area contributed by atoms with Crippen LogP contribution in [0.25, 0.3) is 0 Å². The number of carbonyl (C=O) groups is 2. The molecule has 26 heavy (non-hydrogen) atoms. The van der Waals surface area contributed by atoms with Gasteiger partial charge < -0.3 is 15.3 Å². The minimum Gasteiger partial charge on any atom is -0.391 e. The molecule has 2 amide bonds. The van der Waals surface area contributed by atoms with Crippen LogP contribution >= 0.6 is 0 Å². The second kappa shape index (κ2) is 7.02. The minimum absolute atomic E-state index is 0.0529. The Morgan fingerprint density at radius 3 is 2.65 bits per heavy atom. The molecule has 2 aliphatic carbocycles. The first-order valence-corrected chi connectivity index (χ1v) is 9.90. The predicted octanol–water partition coefficient (Wildman–Crippen LogP) is 1.46. The molecule has 142 valence electrons. The fraction of sp³-hybridized carbons (Fsp3) is 0.737. The number of likely N-dealkylation sites (tertiary alicyclic amines) is 1. The summed E-state index contributed by atoms with van der Waals surface area (Å²) in [4.78, 5) is 27.0. The second-order valence-corrected chi connectivity index (χ2v) is 8.05. The Labute approximate surface area is 153 Å². The maximum absolute atomic E-state index is 13.0. The van der Waals surface area contributed by atoms with E-state index in [2.05, 4.69) is 10.4 Å². The van der Waals surface area contributed by atoms with Gasteiger partial charge in [0.2, 0.25) is 5.91 Å². The van der Waals surface area contributed by atoms with Crippen LogP contribution in [0.3, 0.4) is 0 Å². The number of nitrogens with one attached hydrogen (secondary N) is 1. The second-order valence-electron chi connectivity index (χ2n) is 8.05. The Morgan fingerprint density at radius 2 is 1.92 bits per heavy atom. The van der Waals surface area contributed by atoms with E-state index in [1.807, 2.05) is 4.90 Å². The Balaban J connectivity index is 1.41. The molecule has 2 N–H and O–H groups in total. The minimum atomic E-state index is -0.429. The highest BCUT2D eigenvalue weighted by atomic mass is 16.3. The highest BCUT2D eigenvalue weighted by Gasteiger charge is 2.51. The smallest absolute Gasteiger partial charge is 0.257 e. The summed E-state index contributed by atoms with van der Waals surface area (Å²) in [5, 5.41) is 17.7. The van der Waals surface area contributed by atoms with Crippen molar-refractivity contribution in [3.63, 3.8) is 0 Å². The molecule has 0 bridgehead atoms. The highest BCUT2D eigenvalue weighted by molar-refractivity contribution is 5.94. The monoisotopic (exact) mass is 360 g/mol. The zero-order chi connectivity index (χ0) is 18.1. The number of aliphatic hydroxyl groups is 1. The van der Waals surface area contributed by atoms with Crippen molar-refractivity contribution in [1.29, 1.82) is 0 Å². The van der Waals surface area contributed by atoms with Gasteiger partial charge in [-0.3, -0.25) is 14.3 Å². The molecular formula is C19H28N4O3. The van der Waals surface area contributed by atoms with E-state index in [9.17, 15) is 14.7 Å². The van der Waals surface area contributed by atoms with Gasteiger partial charge in [-0.15, -0.1) is 0 Å². The summed E-state index contributed by atoms with van der Waals surface area (Å²) >= 11 is 0. The molecule has 1 saturated heterocycles. The Hall–Kier alpha value is -1.89. The van der Waals surface area contributed by atoms with Crippen LogP contribution in [0.1, 0.15) is 68.1 Å². The maximum atomic E-state index is 13.0. The van der Waals surface area contributed by atoms with E-state index in [0.717, 1.165) is 38.5 Å². The molecule has 1 aliphatic heterocycles. The average molecular weight is 360 g/mol. The van der Waals surface area contributed by atoms with Crippen LogP contribution in [0.2, 0.25) is 0 Å². The van der Waals surface area contributed by atoms with Gasteiger partial charge in [-0.25, -0.2) is 0 Å². The van der Waals surface area contributed by atoms with Gasteiger partial charge in [-0.05, 0) is 32.1 Å². The summed E-state index contributed by atoms with van der Waals surface area (Å²) in [5.41, 5.74) is 0.109. The van der Waals surface area contributed by atoms with Crippen LogP contribution in [0, 0.1) is 0 Å². The van der Waals surface area contributed by atoms with E-state index < -0.39 is 6.10 Å². The lowest BCUT2D eigenvalue weighted by molar-refractivity contribution is -0.122. The summed E-state index contributed by atoms with van der Waals surface area (Å²) < 4.78 is 1.53. The quantitative estimate of drug-likeness (QED) is 0.851. The van der Waals surface area contributed by atoms with Crippen LogP contribution < -0.4 is 5.32 Å². The molecule has 3 aliphatic rings. The predicted molar refractivity (Wildman–Crippen MR) is 95.5 cm³/mol. The molecule has 1 spiro atoms. The SMILES string of the molecule is O=C(Cn1cc(C(=O)N2CCC(O)C23CCCC3)cn1)NC1CCCC1. The number of rotatable bonds is 4. The van der Waals surface area contributed by atoms with Gasteiger partial charge in [-0.1, -0.05) is 25.7 Å². The third kappa shape index (κ3) is 3.13. The van der Waals surface area contributed by atoms with E-state index in [1.54, 1.807) is 12.4 Å². The van der Waals surface area contributed by atoms with Gasteiger partial charge in [0.25, 0.3) is 5.91 Å². The fourth-order valence-corrected chi connectivity index (χ4v) is 5.02. The van der Waals surface area contributed by atoms with Crippen LogP contribution in [-0.2, 0) is 11.3 Å². The van der Waals surface area contributed by atoms with Crippen molar-refractivity contribution < 1.29 is 14.7 Å². The third-order valence-electron chi connectivity index (χ3n) is 6.40. The van der Waals surface area contributed by atoms with Crippen molar-refractivity contribution in [2.45, 2.75) is 82.0 Å². The maximum Gasteiger partial charge on any atom is 0.257 e. The third-order valence-corrected chi connectivity index (χ3v) is 6.40. The lowest BCUT2D eigenvalue weighted by Crippen LogP contribution is -2.50. The largest absolute Gasteiger partial charge is 0.391 e. The fourth-order valence-electron chi connectivity index (χ4n) is 5.02. The molecule has 1 atom stereocenters. The van der Waals surface area contributed by atoms with E-state index >= 15 is 0 Å². The lowest BCUT2D eigenvalue weighted by Gasteiger charge is -2.37.